The normalized spacial score (nSPS) is 17.9. The van der Waals surface area contributed by atoms with E-state index in [0.717, 1.165) is 25.7 Å². The maximum absolute atomic E-state index is 4.86. The first-order valence-electron chi connectivity index (χ1n) is 7.90. The Morgan fingerprint density at radius 1 is 1.35 bits per heavy atom. The summed E-state index contributed by atoms with van der Waals surface area (Å²) >= 11 is 1.83. The Morgan fingerprint density at radius 3 is 2.60 bits per heavy atom. The van der Waals surface area contributed by atoms with Gasteiger partial charge in [-0.25, -0.2) is 4.98 Å². The molecule has 4 heteroatoms. The molecule has 0 spiro atoms. The van der Waals surface area contributed by atoms with Crippen molar-refractivity contribution in [3.63, 3.8) is 0 Å². The van der Waals surface area contributed by atoms with Crippen molar-refractivity contribution in [3.8, 4) is 0 Å². The zero-order valence-corrected chi connectivity index (χ0v) is 14.2. The molecule has 114 valence electrons. The molecule has 0 amide bonds. The largest absolute Gasteiger partial charge is 0.317 e. The maximum Gasteiger partial charge on any atom is 0.107 e. The molecule has 1 N–H and O–H groups in total. The van der Waals surface area contributed by atoms with Crippen LogP contribution in [0.4, 0.5) is 0 Å². The minimum absolute atomic E-state index is 0.166. The molecule has 2 rings (SSSR count). The number of nitrogens with one attached hydrogen (secondary N) is 1. The summed E-state index contributed by atoms with van der Waals surface area (Å²) in [5.41, 5.74) is 1.40. The van der Waals surface area contributed by atoms with Gasteiger partial charge in [0, 0.05) is 16.8 Å². The van der Waals surface area contributed by atoms with Crippen molar-refractivity contribution in [1.29, 1.82) is 0 Å². The number of thiazole rings is 1. The van der Waals surface area contributed by atoms with Crippen LogP contribution in [0.5, 0.6) is 0 Å². The van der Waals surface area contributed by atoms with Crippen LogP contribution in [0.15, 0.2) is 5.38 Å². The van der Waals surface area contributed by atoms with Gasteiger partial charge in [-0.15, -0.1) is 11.3 Å². The Hall–Kier alpha value is -0.450. The van der Waals surface area contributed by atoms with E-state index in [4.69, 9.17) is 4.98 Å². The van der Waals surface area contributed by atoms with Crippen molar-refractivity contribution in [2.24, 2.45) is 0 Å². The smallest absolute Gasteiger partial charge is 0.107 e. The van der Waals surface area contributed by atoms with E-state index in [2.05, 4.69) is 43.3 Å². The SMILES string of the molecule is CCCN(Cc1nc(C(C)(C)C)cs1)C1CCNCC1. The number of hydrogen-bond donors (Lipinski definition) is 1. The summed E-state index contributed by atoms with van der Waals surface area (Å²) in [5.74, 6) is 0. The fourth-order valence-corrected chi connectivity index (χ4v) is 3.80. The maximum atomic E-state index is 4.86. The average Bonchev–Trinajstić information content (AvgIpc) is 2.88. The Bertz CT molecular complexity index is 402. The molecule has 0 aromatic carbocycles. The van der Waals surface area contributed by atoms with Crippen LogP contribution in [-0.2, 0) is 12.0 Å². The molecule has 20 heavy (non-hydrogen) atoms. The number of piperidine rings is 1. The van der Waals surface area contributed by atoms with Crippen LogP contribution in [0, 0.1) is 0 Å². The first-order valence-corrected chi connectivity index (χ1v) is 8.78. The predicted octanol–water partition coefficient (Wildman–Crippen LogP) is 3.40. The number of nitrogens with zero attached hydrogens (tertiary/aromatic N) is 2. The standard InChI is InChI=1S/C16H29N3S/c1-5-10-19(13-6-8-17-9-7-13)11-15-18-14(12-20-15)16(2,3)4/h12-13,17H,5-11H2,1-4H3. The molecule has 1 aliphatic rings. The zero-order valence-electron chi connectivity index (χ0n) is 13.4. The van der Waals surface area contributed by atoms with E-state index in [9.17, 15) is 0 Å². The van der Waals surface area contributed by atoms with E-state index < -0.39 is 0 Å². The number of hydrogen-bond acceptors (Lipinski definition) is 4. The van der Waals surface area contributed by atoms with Crippen LogP contribution in [0.25, 0.3) is 0 Å². The first kappa shape index (κ1) is 15.9. The van der Waals surface area contributed by atoms with Crippen LogP contribution in [0.2, 0.25) is 0 Å². The summed E-state index contributed by atoms with van der Waals surface area (Å²) in [6.45, 7) is 13.5. The Labute approximate surface area is 127 Å². The first-order chi connectivity index (χ1) is 9.50. The molecule has 1 aromatic heterocycles. The fourth-order valence-electron chi connectivity index (χ4n) is 2.75. The molecule has 0 atom stereocenters. The van der Waals surface area contributed by atoms with Gasteiger partial charge in [-0.05, 0) is 38.9 Å². The highest BCUT2D eigenvalue weighted by atomic mass is 32.1. The van der Waals surface area contributed by atoms with Gasteiger partial charge in [-0.1, -0.05) is 27.7 Å². The lowest BCUT2D eigenvalue weighted by Gasteiger charge is -2.34. The molecule has 0 bridgehead atoms. The van der Waals surface area contributed by atoms with Crippen LogP contribution >= 0.6 is 11.3 Å². The molecule has 2 heterocycles. The Kier molecular flexibility index (Phi) is 5.58. The molecule has 1 aliphatic heterocycles. The lowest BCUT2D eigenvalue weighted by Crippen LogP contribution is -2.43. The summed E-state index contributed by atoms with van der Waals surface area (Å²) < 4.78 is 0. The molecule has 0 unspecified atom stereocenters. The van der Waals surface area contributed by atoms with Crippen molar-refractivity contribution < 1.29 is 0 Å². The molecule has 0 radical (unpaired) electrons. The van der Waals surface area contributed by atoms with Gasteiger partial charge in [0.25, 0.3) is 0 Å². The van der Waals surface area contributed by atoms with Gasteiger partial charge in [0.15, 0.2) is 0 Å². The summed E-state index contributed by atoms with van der Waals surface area (Å²) in [4.78, 5) is 7.50. The van der Waals surface area contributed by atoms with Crippen molar-refractivity contribution in [3.05, 3.63) is 16.1 Å². The third kappa shape index (κ3) is 4.27. The van der Waals surface area contributed by atoms with Crippen LogP contribution in [0.1, 0.15) is 57.7 Å². The van der Waals surface area contributed by atoms with E-state index >= 15 is 0 Å². The lowest BCUT2D eigenvalue weighted by atomic mass is 9.93. The van der Waals surface area contributed by atoms with Crippen molar-refractivity contribution in [2.75, 3.05) is 19.6 Å². The molecule has 1 fully saturated rings. The quantitative estimate of drug-likeness (QED) is 0.902. The minimum Gasteiger partial charge on any atom is -0.317 e. The molecular formula is C16H29N3S. The van der Waals surface area contributed by atoms with Gasteiger partial charge in [0.05, 0.1) is 12.2 Å². The molecule has 3 nitrogen and oxygen atoms in total. The van der Waals surface area contributed by atoms with Crippen molar-refractivity contribution in [1.82, 2.24) is 15.2 Å². The van der Waals surface area contributed by atoms with E-state index in [1.807, 2.05) is 11.3 Å². The van der Waals surface area contributed by atoms with Crippen LogP contribution < -0.4 is 5.32 Å². The van der Waals surface area contributed by atoms with Gasteiger partial charge in [0.2, 0.25) is 0 Å². The van der Waals surface area contributed by atoms with Gasteiger partial charge in [0.1, 0.15) is 5.01 Å². The topological polar surface area (TPSA) is 28.2 Å². The van der Waals surface area contributed by atoms with Crippen molar-refractivity contribution in [2.45, 2.75) is 65.0 Å². The zero-order chi connectivity index (χ0) is 14.6. The molecular weight excluding hydrogens is 266 g/mol. The summed E-state index contributed by atoms with van der Waals surface area (Å²) in [6.07, 6.45) is 3.77. The third-order valence-electron chi connectivity index (χ3n) is 3.99. The Morgan fingerprint density at radius 2 is 2.05 bits per heavy atom. The summed E-state index contributed by atoms with van der Waals surface area (Å²) in [7, 11) is 0. The van der Waals surface area contributed by atoms with Gasteiger partial charge >= 0.3 is 0 Å². The highest BCUT2D eigenvalue weighted by Gasteiger charge is 2.23. The molecule has 0 aliphatic carbocycles. The monoisotopic (exact) mass is 295 g/mol. The van der Waals surface area contributed by atoms with E-state index in [-0.39, 0.29) is 5.41 Å². The molecule has 1 aromatic rings. The number of rotatable bonds is 5. The lowest BCUT2D eigenvalue weighted by molar-refractivity contribution is 0.154. The fraction of sp³-hybridized carbons (Fsp3) is 0.812. The summed E-state index contributed by atoms with van der Waals surface area (Å²) in [6, 6.07) is 0.734. The Balaban J connectivity index is 2.01. The number of aromatic nitrogens is 1. The van der Waals surface area contributed by atoms with E-state index in [1.165, 1.54) is 36.5 Å². The second-order valence-electron chi connectivity index (χ2n) is 6.83. The summed E-state index contributed by atoms with van der Waals surface area (Å²) in [5, 5.41) is 6.98. The van der Waals surface area contributed by atoms with E-state index in [0.29, 0.717) is 0 Å². The van der Waals surface area contributed by atoms with E-state index in [1.54, 1.807) is 0 Å². The molecule has 0 saturated carbocycles. The van der Waals surface area contributed by atoms with Crippen molar-refractivity contribution >= 4 is 11.3 Å². The van der Waals surface area contributed by atoms with Crippen LogP contribution in [-0.4, -0.2) is 35.6 Å². The minimum atomic E-state index is 0.166. The average molecular weight is 295 g/mol. The second-order valence-corrected chi connectivity index (χ2v) is 7.77. The third-order valence-corrected chi connectivity index (χ3v) is 4.83. The van der Waals surface area contributed by atoms with Gasteiger partial charge in [-0.3, -0.25) is 4.90 Å². The highest BCUT2D eigenvalue weighted by Crippen LogP contribution is 2.25. The van der Waals surface area contributed by atoms with Crippen LogP contribution in [0.3, 0.4) is 0 Å². The molecule has 1 saturated heterocycles. The predicted molar refractivity (Wildman–Crippen MR) is 87.4 cm³/mol. The second kappa shape index (κ2) is 7.01. The van der Waals surface area contributed by atoms with Gasteiger partial charge in [-0.2, -0.15) is 0 Å². The van der Waals surface area contributed by atoms with Gasteiger partial charge < -0.3 is 5.32 Å². The highest BCUT2D eigenvalue weighted by molar-refractivity contribution is 7.09.